The normalized spacial score (nSPS) is 23.2. The Hall–Kier alpha value is -0.120. The highest BCUT2D eigenvalue weighted by Crippen LogP contribution is 2.24. The molecule has 0 aromatic rings. The van der Waals surface area contributed by atoms with E-state index in [2.05, 4.69) is 37.5 Å². The summed E-state index contributed by atoms with van der Waals surface area (Å²) in [4.78, 5) is 5.24. The summed E-state index contributed by atoms with van der Waals surface area (Å²) in [6.45, 7) is 17.7. The summed E-state index contributed by atoms with van der Waals surface area (Å²) in [6.07, 6.45) is 6.64. The van der Waals surface area contributed by atoms with Crippen molar-refractivity contribution in [1.82, 2.24) is 9.80 Å². The van der Waals surface area contributed by atoms with Crippen LogP contribution in [0.1, 0.15) is 59.8 Å². The van der Waals surface area contributed by atoms with E-state index in [1.165, 1.54) is 64.8 Å². The zero-order valence-electron chi connectivity index (χ0n) is 16.1. The Morgan fingerprint density at radius 3 is 2.13 bits per heavy atom. The van der Waals surface area contributed by atoms with Crippen molar-refractivity contribution in [3.8, 4) is 0 Å². The van der Waals surface area contributed by atoms with Crippen molar-refractivity contribution in [2.75, 3.05) is 45.9 Å². The molecule has 0 aromatic carbocycles. The van der Waals surface area contributed by atoms with Crippen molar-refractivity contribution >= 4 is 0 Å². The van der Waals surface area contributed by atoms with Crippen LogP contribution in [0.2, 0.25) is 0 Å². The second kappa shape index (κ2) is 10.0. The number of piperidine rings is 2. The number of ether oxygens (including phenoxy) is 1. The summed E-state index contributed by atoms with van der Waals surface area (Å²) in [5.74, 6) is 2.62. The Kier molecular flexibility index (Phi) is 8.35. The number of likely N-dealkylation sites (tertiary alicyclic amines) is 2. The van der Waals surface area contributed by atoms with E-state index in [9.17, 15) is 0 Å². The summed E-state index contributed by atoms with van der Waals surface area (Å²) < 4.78 is 5.97. The fraction of sp³-hybridized carbons (Fsp3) is 1.00. The molecule has 2 rings (SSSR count). The maximum Gasteiger partial charge on any atom is 0.0495 e. The van der Waals surface area contributed by atoms with E-state index in [1.54, 1.807) is 0 Å². The fourth-order valence-corrected chi connectivity index (χ4v) is 4.12. The highest BCUT2D eigenvalue weighted by atomic mass is 16.5. The van der Waals surface area contributed by atoms with Gasteiger partial charge in [-0.15, -0.1) is 0 Å². The standard InChI is InChI=1S/C20H40N2O/c1-17(2)20-8-11-21(12-9-20)10-5-15-23-16-19-6-13-22(14-7-19)18(3)4/h17-20H,5-16H2,1-4H3. The molecule has 2 aliphatic rings. The molecule has 0 radical (unpaired) electrons. The number of hydrogen-bond donors (Lipinski definition) is 0. The van der Waals surface area contributed by atoms with Crippen LogP contribution in [0.15, 0.2) is 0 Å². The van der Waals surface area contributed by atoms with Crippen LogP contribution in [0.25, 0.3) is 0 Å². The molecule has 136 valence electrons. The van der Waals surface area contributed by atoms with Gasteiger partial charge < -0.3 is 14.5 Å². The summed E-state index contributed by atoms with van der Waals surface area (Å²) in [5.41, 5.74) is 0. The first-order valence-electron chi connectivity index (χ1n) is 10.1. The monoisotopic (exact) mass is 324 g/mol. The van der Waals surface area contributed by atoms with Gasteiger partial charge in [0.05, 0.1) is 0 Å². The lowest BCUT2D eigenvalue weighted by atomic mass is 9.87. The second-order valence-corrected chi connectivity index (χ2v) is 8.42. The quantitative estimate of drug-likeness (QED) is 0.630. The van der Waals surface area contributed by atoms with Gasteiger partial charge >= 0.3 is 0 Å². The largest absolute Gasteiger partial charge is 0.381 e. The molecule has 2 fully saturated rings. The molecule has 0 unspecified atom stereocenters. The van der Waals surface area contributed by atoms with E-state index < -0.39 is 0 Å². The molecule has 0 spiro atoms. The minimum absolute atomic E-state index is 0.705. The van der Waals surface area contributed by atoms with E-state index in [4.69, 9.17) is 4.74 Å². The second-order valence-electron chi connectivity index (χ2n) is 8.42. The number of nitrogens with zero attached hydrogens (tertiary/aromatic N) is 2. The summed E-state index contributed by atoms with van der Waals surface area (Å²) in [6, 6.07) is 0.705. The molecule has 2 heterocycles. The minimum Gasteiger partial charge on any atom is -0.381 e. The Bertz CT molecular complexity index is 273. The zero-order valence-corrected chi connectivity index (χ0v) is 16.1. The Balaban J connectivity index is 1.46. The molecular formula is C20H40N2O. The summed E-state index contributed by atoms with van der Waals surface area (Å²) in [5, 5.41) is 0. The van der Waals surface area contributed by atoms with Gasteiger partial charge in [0.15, 0.2) is 0 Å². The third kappa shape index (κ3) is 6.72. The van der Waals surface area contributed by atoms with E-state index in [-0.39, 0.29) is 0 Å². The van der Waals surface area contributed by atoms with Crippen LogP contribution in [-0.2, 0) is 4.74 Å². The lowest BCUT2D eigenvalue weighted by Crippen LogP contribution is -2.39. The van der Waals surface area contributed by atoms with Crippen LogP contribution in [0.5, 0.6) is 0 Å². The van der Waals surface area contributed by atoms with E-state index in [0.29, 0.717) is 6.04 Å². The highest BCUT2D eigenvalue weighted by molar-refractivity contribution is 4.75. The van der Waals surface area contributed by atoms with E-state index >= 15 is 0 Å². The Labute approximate surface area is 144 Å². The lowest BCUT2D eigenvalue weighted by molar-refractivity contribution is 0.0527. The van der Waals surface area contributed by atoms with Crippen molar-refractivity contribution in [1.29, 1.82) is 0 Å². The predicted molar refractivity (Wildman–Crippen MR) is 98.9 cm³/mol. The third-order valence-corrected chi connectivity index (χ3v) is 6.07. The van der Waals surface area contributed by atoms with Gasteiger partial charge in [-0.05, 0) is 89.9 Å². The van der Waals surface area contributed by atoms with E-state index in [0.717, 1.165) is 31.0 Å². The molecule has 0 amide bonds. The van der Waals surface area contributed by atoms with Crippen LogP contribution < -0.4 is 0 Å². The Morgan fingerprint density at radius 1 is 0.913 bits per heavy atom. The van der Waals surface area contributed by atoms with Crippen LogP contribution in [-0.4, -0.2) is 61.8 Å². The van der Waals surface area contributed by atoms with Crippen LogP contribution in [0, 0.1) is 17.8 Å². The highest BCUT2D eigenvalue weighted by Gasteiger charge is 2.22. The van der Waals surface area contributed by atoms with Gasteiger partial charge in [0.1, 0.15) is 0 Å². The van der Waals surface area contributed by atoms with Crippen LogP contribution >= 0.6 is 0 Å². The van der Waals surface area contributed by atoms with Gasteiger partial charge in [-0.3, -0.25) is 0 Å². The first kappa shape index (κ1) is 19.2. The smallest absolute Gasteiger partial charge is 0.0495 e. The molecular weight excluding hydrogens is 284 g/mol. The molecule has 0 N–H and O–H groups in total. The SMILES string of the molecule is CC(C)C1CCN(CCCOCC2CCN(C(C)C)CC2)CC1. The topological polar surface area (TPSA) is 15.7 Å². The molecule has 0 bridgehead atoms. The molecule has 2 saturated heterocycles. The van der Waals surface area contributed by atoms with Crippen molar-refractivity contribution in [2.45, 2.75) is 65.8 Å². The van der Waals surface area contributed by atoms with Crippen molar-refractivity contribution in [3.05, 3.63) is 0 Å². The fourth-order valence-electron chi connectivity index (χ4n) is 4.12. The van der Waals surface area contributed by atoms with Gasteiger partial charge in [0.25, 0.3) is 0 Å². The number of rotatable bonds is 8. The zero-order chi connectivity index (χ0) is 16.7. The van der Waals surface area contributed by atoms with Crippen molar-refractivity contribution < 1.29 is 4.74 Å². The average Bonchev–Trinajstić information content (AvgIpc) is 2.55. The molecule has 2 aliphatic heterocycles. The van der Waals surface area contributed by atoms with Gasteiger partial charge in [0, 0.05) is 25.8 Å². The molecule has 3 nitrogen and oxygen atoms in total. The molecule has 0 saturated carbocycles. The molecule has 0 aromatic heterocycles. The molecule has 0 atom stereocenters. The van der Waals surface area contributed by atoms with E-state index in [1.807, 2.05) is 0 Å². The molecule has 0 aliphatic carbocycles. The lowest BCUT2D eigenvalue weighted by Gasteiger charge is -2.34. The maximum absolute atomic E-state index is 5.97. The average molecular weight is 325 g/mol. The first-order valence-corrected chi connectivity index (χ1v) is 10.1. The number of hydrogen-bond acceptors (Lipinski definition) is 3. The minimum atomic E-state index is 0.705. The molecule has 23 heavy (non-hydrogen) atoms. The van der Waals surface area contributed by atoms with Gasteiger partial charge in [0.2, 0.25) is 0 Å². The molecule has 3 heteroatoms. The van der Waals surface area contributed by atoms with Crippen LogP contribution in [0.3, 0.4) is 0 Å². The summed E-state index contributed by atoms with van der Waals surface area (Å²) in [7, 11) is 0. The predicted octanol–water partition coefficient (Wildman–Crippen LogP) is 3.88. The Morgan fingerprint density at radius 2 is 1.57 bits per heavy atom. The maximum atomic E-state index is 5.97. The third-order valence-electron chi connectivity index (χ3n) is 6.07. The van der Waals surface area contributed by atoms with Gasteiger partial charge in [-0.1, -0.05) is 13.8 Å². The van der Waals surface area contributed by atoms with Gasteiger partial charge in [-0.2, -0.15) is 0 Å². The van der Waals surface area contributed by atoms with Crippen molar-refractivity contribution in [3.63, 3.8) is 0 Å². The first-order chi connectivity index (χ1) is 11.1. The van der Waals surface area contributed by atoms with Crippen LogP contribution in [0.4, 0.5) is 0 Å². The van der Waals surface area contributed by atoms with Crippen molar-refractivity contribution in [2.24, 2.45) is 17.8 Å². The van der Waals surface area contributed by atoms with Gasteiger partial charge in [-0.25, -0.2) is 0 Å². The summed E-state index contributed by atoms with van der Waals surface area (Å²) >= 11 is 0.